The van der Waals surface area contributed by atoms with Crippen molar-refractivity contribution in [2.24, 2.45) is 0 Å². The molecule has 1 aliphatic heterocycles. The SMILES string of the molecule is OCCN1CCNCCNCC1. The Kier molecular flexibility index (Phi) is 5.27. The van der Waals surface area contributed by atoms with Gasteiger partial charge in [0.2, 0.25) is 0 Å². The number of hydrogen-bond acceptors (Lipinski definition) is 4. The van der Waals surface area contributed by atoms with Gasteiger partial charge in [-0.05, 0) is 0 Å². The summed E-state index contributed by atoms with van der Waals surface area (Å²) in [4.78, 5) is 2.27. The van der Waals surface area contributed by atoms with Crippen LogP contribution in [0.15, 0.2) is 0 Å². The molecular formula is C8H19N3O. The van der Waals surface area contributed by atoms with Gasteiger partial charge in [0.25, 0.3) is 0 Å². The van der Waals surface area contributed by atoms with Crippen LogP contribution in [0.1, 0.15) is 0 Å². The molecule has 1 fully saturated rings. The van der Waals surface area contributed by atoms with Gasteiger partial charge in [-0.25, -0.2) is 0 Å². The molecule has 0 bridgehead atoms. The summed E-state index contributed by atoms with van der Waals surface area (Å²) in [7, 11) is 0. The van der Waals surface area contributed by atoms with E-state index in [-0.39, 0.29) is 6.61 Å². The lowest BCUT2D eigenvalue weighted by Gasteiger charge is -2.19. The Morgan fingerprint density at radius 2 is 1.58 bits per heavy atom. The summed E-state index contributed by atoms with van der Waals surface area (Å²) in [5, 5.41) is 15.4. The number of nitrogens with one attached hydrogen (secondary N) is 2. The van der Waals surface area contributed by atoms with E-state index in [2.05, 4.69) is 15.5 Å². The summed E-state index contributed by atoms with van der Waals surface area (Å²) in [6, 6.07) is 0. The smallest absolute Gasteiger partial charge is 0.0558 e. The van der Waals surface area contributed by atoms with Gasteiger partial charge in [0.1, 0.15) is 0 Å². The van der Waals surface area contributed by atoms with Crippen LogP contribution in [0.25, 0.3) is 0 Å². The van der Waals surface area contributed by atoms with Gasteiger partial charge in [0.15, 0.2) is 0 Å². The number of aliphatic hydroxyl groups is 1. The Morgan fingerprint density at radius 1 is 1.00 bits per heavy atom. The van der Waals surface area contributed by atoms with Crippen LogP contribution >= 0.6 is 0 Å². The van der Waals surface area contributed by atoms with E-state index in [1.165, 1.54) is 0 Å². The first-order valence-corrected chi connectivity index (χ1v) is 4.68. The van der Waals surface area contributed by atoms with E-state index in [0.717, 1.165) is 45.8 Å². The highest BCUT2D eigenvalue weighted by atomic mass is 16.3. The van der Waals surface area contributed by atoms with Gasteiger partial charge in [0.05, 0.1) is 6.61 Å². The molecule has 12 heavy (non-hydrogen) atoms. The van der Waals surface area contributed by atoms with Crippen LogP contribution in [0.3, 0.4) is 0 Å². The number of nitrogens with zero attached hydrogens (tertiary/aromatic N) is 1. The van der Waals surface area contributed by atoms with E-state index in [9.17, 15) is 0 Å². The van der Waals surface area contributed by atoms with Crippen molar-refractivity contribution < 1.29 is 5.11 Å². The first-order chi connectivity index (χ1) is 5.93. The van der Waals surface area contributed by atoms with Crippen molar-refractivity contribution in [2.45, 2.75) is 0 Å². The zero-order valence-electron chi connectivity index (χ0n) is 7.55. The summed E-state index contributed by atoms with van der Waals surface area (Å²) < 4.78 is 0. The Bertz CT molecular complexity index is 100. The summed E-state index contributed by atoms with van der Waals surface area (Å²) in [6.07, 6.45) is 0. The largest absolute Gasteiger partial charge is 0.395 e. The molecule has 3 N–H and O–H groups in total. The summed E-state index contributed by atoms with van der Waals surface area (Å²) >= 11 is 0. The van der Waals surface area contributed by atoms with Crippen molar-refractivity contribution in [1.29, 1.82) is 0 Å². The third kappa shape index (κ3) is 4.01. The maximum atomic E-state index is 8.77. The maximum absolute atomic E-state index is 8.77. The number of aliphatic hydroxyl groups excluding tert-OH is 1. The molecule has 0 unspecified atom stereocenters. The van der Waals surface area contributed by atoms with Crippen LogP contribution < -0.4 is 10.6 Å². The van der Waals surface area contributed by atoms with Gasteiger partial charge in [-0.15, -0.1) is 0 Å². The van der Waals surface area contributed by atoms with Crippen LogP contribution in [0.5, 0.6) is 0 Å². The van der Waals surface area contributed by atoms with Crippen molar-refractivity contribution in [3.63, 3.8) is 0 Å². The molecule has 0 aromatic rings. The molecule has 0 amide bonds. The van der Waals surface area contributed by atoms with Crippen molar-refractivity contribution >= 4 is 0 Å². The molecule has 0 aliphatic carbocycles. The second-order valence-electron chi connectivity index (χ2n) is 3.07. The Morgan fingerprint density at radius 3 is 2.08 bits per heavy atom. The lowest BCUT2D eigenvalue weighted by molar-refractivity contribution is 0.199. The monoisotopic (exact) mass is 173 g/mol. The molecule has 1 rings (SSSR count). The van der Waals surface area contributed by atoms with E-state index in [1.807, 2.05) is 0 Å². The van der Waals surface area contributed by atoms with Gasteiger partial charge in [-0.1, -0.05) is 0 Å². The van der Waals surface area contributed by atoms with Gasteiger partial charge in [-0.3, -0.25) is 4.90 Å². The molecule has 0 aromatic heterocycles. The molecule has 4 heteroatoms. The minimum Gasteiger partial charge on any atom is -0.395 e. The number of rotatable bonds is 2. The van der Waals surface area contributed by atoms with E-state index in [1.54, 1.807) is 0 Å². The number of hydrogen-bond donors (Lipinski definition) is 3. The second kappa shape index (κ2) is 6.37. The first kappa shape index (κ1) is 9.92. The van der Waals surface area contributed by atoms with E-state index >= 15 is 0 Å². The molecule has 1 aliphatic rings. The third-order valence-electron chi connectivity index (χ3n) is 2.10. The van der Waals surface area contributed by atoms with E-state index in [0.29, 0.717) is 0 Å². The van der Waals surface area contributed by atoms with Crippen LogP contribution in [-0.4, -0.2) is 62.4 Å². The first-order valence-electron chi connectivity index (χ1n) is 4.68. The van der Waals surface area contributed by atoms with Gasteiger partial charge >= 0.3 is 0 Å². The highest BCUT2D eigenvalue weighted by molar-refractivity contribution is 4.64. The third-order valence-corrected chi connectivity index (χ3v) is 2.10. The fourth-order valence-electron chi connectivity index (χ4n) is 1.38. The molecule has 0 radical (unpaired) electrons. The molecule has 72 valence electrons. The minimum absolute atomic E-state index is 0.264. The Balaban J connectivity index is 2.19. The molecular weight excluding hydrogens is 154 g/mol. The molecule has 0 spiro atoms. The maximum Gasteiger partial charge on any atom is 0.0558 e. The normalized spacial score (nSPS) is 22.8. The topological polar surface area (TPSA) is 47.5 Å². The lowest BCUT2D eigenvalue weighted by Crippen LogP contribution is -2.35. The van der Waals surface area contributed by atoms with Crippen molar-refractivity contribution in [2.75, 3.05) is 52.4 Å². The second-order valence-corrected chi connectivity index (χ2v) is 3.07. The average molecular weight is 173 g/mol. The fraction of sp³-hybridized carbons (Fsp3) is 1.00. The van der Waals surface area contributed by atoms with Crippen LogP contribution in [-0.2, 0) is 0 Å². The van der Waals surface area contributed by atoms with Crippen LogP contribution in [0.2, 0.25) is 0 Å². The molecule has 0 atom stereocenters. The Hall–Kier alpha value is -0.160. The zero-order valence-corrected chi connectivity index (χ0v) is 7.55. The average Bonchev–Trinajstić information content (AvgIpc) is 2.19. The van der Waals surface area contributed by atoms with Gasteiger partial charge in [-0.2, -0.15) is 0 Å². The highest BCUT2D eigenvalue weighted by Gasteiger charge is 2.04. The Labute approximate surface area is 73.9 Å². The fourth-order valence-corrected chi connectivity index (χ4v) is 1.38. The van der Waals surface area contributed by atoms with Crippen molar-refractivity contribution in [3.05, 3.63) is 0 Å². The molecule has 4 nitrogen and oxygen atoms in total. The van der Waals surface area contributed by atoms with Crippen molar-refractivity contribution in [1.82, 2.24) is 15.5 Å². The van der Waals surface area contributed by atoms with Gasteiger partial charge in [0, 0.05) is 45.8 Å². The van der Waals surface area contributed by atoms with Gasteiger partial charge < -0.3 is 15.7 Å². The standard InChI is InChI=1S/C8H19N3O/c12-8-7-11-5-3-9-1-2-10-4-6-11/h9-10,12H,1-8H2. The minimum atomic E-state index is 0.264. The van der Waals surface area contributed by atoms with E-state index in [4.69, 9.17) is 5.11 Å². The zero-order chi connectivity index (χ0) is 8.65. The quantitative estimate of drug-likeness (QED) is 0.474. The van der Waals surface area contributed by atoms with Crippen LogP contribution in [0, 0.1) is 0 Å². The summed E-state index contributed by atoms with van der Waals surface area (Å²) in [6.45, 7) is 7.30. The molecule has 1 heterocycles. The summed E-state index contributed by atoms with van der Waals surface area (Å²) in [5.74, 6) is 0. The predicted molar refractivity (Wildman–Crippen MR) is 49.3 cm³/mol. The van der Waals surface area contributed by atoms with E-state index < -0.39 is 0 Å². The molecule has 1 saturated heterocycles. The number of β-amino-alcohol motifs (C(OH)–C–C–N with tert-alkyl or cyclic N) is 1. The highest BCUT2D eigenvalue weighted by Crippen LogP contribution is 1.86. The molecule has 0 saturated carbocycles. The predicted octanol–water partition coefficient (Wildman–Crippen LogP) is -1.53. The lowest BCUT2D eigenvalue weighted by atomic mass is 10.4. The van der Waals surface area contributed by atoms with Crippen LogP contribution in [0.4, 0.5) is 0 Å². The summed E-state index contributed by atoms with van der Waals surface area (Å²) in [5.41, 5.74) is 0. The molecule has 0 aromatic carbocycles. The van der Waals surface area contributed by atoms with Crippen molar-refractivity contribution in [3.8, 4) is 0 Å².